The molecule has 0 heterocycles. The van der Waals surface area contributed by atoms with Crippen LogP contribution in [0.4, 0.5) is 0 Å². The van der Waals surface area contributed by atoms with Crippen molar-refractivity contribution in [3.8, 4) is 0 Å². The number of aryl methyl sites for hydroxylation is 1. The lowest BCUT2D eigenvalue weighted by molar-refractivity contribution is -0.145. The molecule has 22 heavy (non-hydrogen) atoms. The summed E-state index contributed by atoms with van der Waals surface area (Å²) >= 11 is 0. The molecule has 6 heteroatoms. The summed E-state index contributed by atoms with van der Waals surface area (Å²) in [4.78, 5) is 12.2. The van der Waals surface area contributed by atoms with Crippen LogP contribution < -0.4 is 5.73 Å². The maximum Gasteiger partial charge on any atom is 0.328 e. The third-order valence-corrected chi connectivity index (χ3v) is 6.59. The molecule has 122 valence electrons. The molecule has 0 unspecified atom stereocenters. The van der Waals surface area contributed by atoms with Crippen LogP contribution in [-0.2, 0) is 25.8 Å². The maximum atomic E-state index is 12.3. The number of esters is 1. The minimum atomic E-state index is -3.43. The van der Waals surface area contributed by atoms with E-state index in [1.54, 1.807) is 13.8 Å². The Hall–Kier alpha value is -1.40. The van der Waals surface area contributed by atoms with Crippen LogP contribution in [0, 0.1) is 0 Å². The van der Waals surface area contributed by atoms with Gasteiger partial charge in [-0.15, -0.1) is 0 Å². The van der Waals surface area contributed by atoms with Gasteiger partial charge in [0, 0.05) is 11.7 Å². The molecule has 1 aliphatic carbocycles. The van der Waals surface area contributed by atoms with Gasteiger partial charge >= 0.3 is 5.97 Å². The molecular formula is C16H23NO4S. The van der Waals surface area contributed by atoms with Crippen molar-refractivity contribution in [1.29, 1.82) is 0 Å². The molecule has 1 saturated carbocycles. The quantitative estimate of drug-likeness (QED) is 0.799. The number of benzene rings is 1. The van der Waals surface area contributed by atoms with E-state index in [4.69, 9.17) is 10.5 Å². The zero-order valence-corrected chi connectivity index (χ0v) is 14.0. The summed E-state index contributed by atoms with van der Waals surface area (Å²) in [5.41, 5.74) is 6.63. The van der Waals surface area contributed by atoms with Gasteiger partial charge in [0.05, 0.1) is 11.9 Å². The van der Waals surface area contributed by atoms with Crippen molar-refractivity contribution in [1.82, 2.24) is 0 Å². The molecule has 0 bridgehead atoms. The van der Waals surface area contributed by atoms with Crippen LogP contribution in [0.3, 0.4) is 0 Å². The van der Waals surface area contributed by atoms with E-state index in [9.17, 15) is 13.2 Å². The first-order chi connectivity index (χ1) is 10.3. The highest BCUT2D eigenvalue weighted by atomic mass is 32.2. The lowest BCUT2D eigenvalue weighted by Gasteiger charge is -2.11. The van der Waals surface area contributed by atoms with Crippen molar-refractivity contribution in [2.75, 3.05) is 12.4 Å². The molecule has 3 atom stereocenters. The molecule has 1 aliphatic rings. The monoisotopic (exact) mass is 325 g/mol. The van der Waals surface area contributed by atoms with E-state index >= 15 is 0 Å². The second kappa shape index (κ2) is 6.01. The summed E-state index contributed by atoms with van der Waals surface area (Å²) in [7, 11) is -3.43. The summed E-state index contributed by atoms with van der Waals surface area (Å²) in [6.45, 7) is 5.47. The van der Waals surface area contributed by atoms with Gasteiger partial charge in [-0.05, 0) is 24.5 Å². The predicted octanol–water partition coefficient (Wildman–Crippen LogP) is 1.41. The van der Waals surface area contributed by atoms with Crippen LogP contribution in [0.25, 0.3) is 0 Å². The van der Waals surface area contributed by atoms with Gasteiger partial charge in [-0.2, -0.15) is 0 Å². The largest absolute Gasteiger partial charge is 0.465 e. The van der Waals surface area contributed by atoms with Gasteiger partial charge in [0.1, 0.15) is 5.54 Å². The highest BCUT2D eigenvalue weighted by Gasteiger charge is 2.74. The van der Waals surface area contributed by atoms with E-state index in [0.29, 0.717) is 0 Å². The highest BCUT2D eigenvalue weighted by molar-refractivity contribution is 7.92. The summed E-state index contributed by atoms with van der Waals surface area (Å²) in [6, 6.07) is 7.59. The summed E-state index contributed by atoms with van der Waals surface area (Å²) < 4.78 is 29.6. The number of hydrogen-bond acceptors (Lipinski definition) is 5. The van der Waals surface area contributed by atoms with E-state index < -0.39 is 32.5 Å². The number of carbonyl (C=O) groups excluding carboxylic acids is 1. The van der Waals surface area contributed by atoms with Gasteiger partial charge in [-0.25, -0.2) is 13.2 Å². The van der Waals surface area contributed by atoms with Gasteiger partial charge in [-0.1, -0.05) is 38.1 Å². The maximum absolute atomic E-state index is 12.3. The van der Waals surface area contributed by atoms with Crippen molar-refractivity contribution in [2.45, 2.75) is 43.9 Å². The molecule has 2 rings (SSSR count). The second-order valence-corrected chi connectivity index (χ2v) is 8.01. The van der Waals surface area contributed by atoms with Gasteiger partial charge in [0.2, 0.25) is 0 Å². The average Bonchev–Trinajstić information content (AvgIpc) is 3.16. The Morgan fingerprint density at radius 2 is 1.82 bits per heavy atom. The lowest BCUT2D eigenvalue weighted by atomic mass is 10.0. The van der Waals surface area contributed by atoms with Crippen LogP contribution in [0.2, 0.25) is 0 Å². The molecule has 0 aliphatic heterocycles. The minimum Gasteiger partial charge on any atom is -0.465 e. The van der Waals surface area contributed by atoms with Crippen molar-refractivity contribution in [3.05, 3.63) is 35.4 Å². The Bertz CT molecular complexity index is 653. The van der Waals surface area contributed by atoms with Crippen LogP contribution in [0.5, 0.6) is 0 Å². The third-order valence-electron chi connectivity index (χ3n) is 4.34. The molecule has 0 aromatic heterocycles. The van der Waals surface area contributed by atoms with E-state index in [0.717, 1.165) is 17.5 Å². The first kappa shape index (κ1) is 17.0. The smallest absolute Gasteiger partial charge is 0.328 e. The zero-order valence-electron chi connectivity index (χ0n) is 13.2. The van der Waals surface area contributed by atoms with Gasteiger partial charge in [0.15, 0.2) is 9.84 Å². The molecule has 0 spiro atoms. The van der Waals surface area contributed by atoms with Crippen molar-refractivity contribution in [3.63, 3.8) is 0 Å². The molecule has 1 fully saturated rings. The van der Waals surface area contributed by atoms with Gasteiger partial charge in [-0.3, -0.25) is 0 Å². The molecule has 0 saturated heterocycles. The summed E-state index contributed by atoms with van der Waals surface area (Å²) in [5, 5.41) is -0.906. The molecule has 2 N–H and O–H groups in total. The van der Waals surface area contributed by atoms with Gasteiger partial charge in [0.25, 0.3) is 0 Å². The first-order valence-corrected chi connectivity index (χ1v) is 9.30. The number of nitrogens with two attached hydrogens (primary N) is 1. The van der Waals surface area contributed by atoms with Crippen LogP contribution >= 0.6 is 0 Å². The summed E-state index contributed by atoms with van der Waals surface area (Å²) in [5.74, 6) is -1.22. The number of ether oxygens (including phenoxy) is 1. The zero-order chi connectivity index (χ0) is 16.5. The van der Waals surface area contributed by atoms with Crippen molar-refractivity contribution >= 4 is 15.8 Å². The highest BCUT2D eigenvalue weighted by Crippen LogP contribution is 2.55. The molecule has 1 aromatic carbocycles. The molecule has 0 radical (unpaired) electrons. The van der Waals surface area contributed by atoms with Crippen molar-refractivity contribution in [2.24, 2.45) is 5.73 Å². The fourth-order valence-electron chi connectivity index (χ4n) is 2.97. The molecule has 5 nitrogen and oxygen atoms in total. The number of rotatable bonds is 6. The third kappa shape index (κ3) is 2.65. The van der Waals surface area contributed by atoms with E-state index in [1.807, 2.05) is 31.2 Å². The molecular weight excluding hydrogens is 302 g/mol. The standard InChI is InChI=1S/C16H23NO4S/c1-4-11-7-9-12(10-8-11)13-14(22(19,20)6-3)16(13,17)15(18)21-5-2/h7-10,13-14H,4-6,17H2,1-3H3/t13-,14+,16+/m1/s1. The van der Waals surface area contributed by atoms with Gasteiger partial charge < -0.3 is 10.5 Å². The Morgan fingerprint density at radius 3 is 2.27 bits per heavy atom. The lowest BCUT2D eigenvalue weighted by Crippen LogP contribution is -2.41. The Morgan fingerprint density at radius 1 is 1.23 bits per heavy atom. The van der Waals surface area contributed by atoms with E-state index in [1.165, 1.54) is 0 Å². The minimum absolute atomic E-state index is 0.0421. The Balaban J connectivity index is 2.40. The second-order valence-electron chi connectivity index (χ2n) is 5.60. The first-order valence-electron chi connectivity index (χ1n) is 7.59. The number of sulfone groups is 1. The summed E-state index contributed by atoms with van der Waals surface area (Å²) in [6.07, 6.45) is 0.896. The van der Waals surface area contributed by atoms with Crippen LogP contribution in [0.1, 0.15) is 37.8 Å². The number of hydrogen-bond donors (Lipinski definition) is 1. The average molecular weight is 325 g/mol. The SMILES string of the molecule is CCOC(=O)[C@]1(N)[C@H](c2ccc(CC)cc2)[C@@H]1S(=O)(=O)CC. The fourth-order valence-corrected chi connectivity index (χ4v) is 4.88. The fraction of sp³-hybridized carbons (Fsp3) is 0.562. The van der Waals surface area contributed by atoms with Crippen molar-refractivity contribution < 1.29 is 17.9 Å². The Kier molecular flexibility index (Phi) is 4.63. The Labute approximate surface area is 131 Å². The molecule has 1 aromatic rings. The van der Waals surface area contributed by atoms with Crippen LogP contribution in [0.15, 0.2) is 24.3 Å². The van der Waals surface area contributed by atoms with E-state index in [2.05, 4.69) is 0 Å². The number of carbonyl (C=O) groups is 1. The van der Waals surface area contributed by atoms with E-state index in [-0.39, 0.29) is 12.4 Å². The normalized spacial score (nSPS) is 27.5. The molecule has 0 amide bonds. The van der Waals surface area contributed by atoms with Crippen LogP contribution in [-0.4, -0.2) is 37.5 Å². The topological polar surface area (TPSA) is 86.5 Å². The predicted molar refractivity (Wildman–Crippen MR) is 85.4 cm³/mol.